The summed E-state index contributed by atoms with van der Waals surface area (Å²) in [4.78, 5) is 18.6. The Morgan fingerprint density at radius 1 is 1.21 bits per heavy atom. The molecule has 0 radical (unpaired) electrons. The van der Waals surface area contributed by atoms with Gasteiger partial charge in [-0.05, 0) is 81.7 Å². The van der Waals surface area contributed by atoms with Crippen LogP contribution in [0.5, 0.6) is 0 Å². The lowest BCUT2D eigenvalue weighted by Gasteiger charge is -2.46. The summed E-state index contributed by atoms with van der Waals surface area (Å²) in [5, 5.41) is 0. The Hall–Kier alpha value is -0.980. The van der Waals surface area contributed by atoms with E-state index >= 15 is 0 Å². The van der Waals surface area contributed by atoms with E-state index in [1.807, 2.05) is 36.3 Å². The minimum atomic E-state index is -0.0916. The number of thioether (sulfide) groups is 1. The van der Waals surface area contributed by atoms with Crippen molar-refractivity contribution in [2.45, 2.75) is 57.0 Å². The van der Waals surface area contributed by atoms with Crippen molar-refractivity contribution >= 4 is 17.7 Å². The Balaban J connectivity index is 1.72. The molecule has 1 aromatic rings. The number of carbonyl (C=O) groups is 1. The van der Waals surface area contributed by atoms with E-state index < -0.39 is 0 Å². The van der Waals surface area contributed by atoms with Crippen LogP contribution < -0.4 is 0 Å². The van der Waals surface area contributed by atoms with Crippen LogP contribution in [0, 0.1) is 5.92 Å². The topological polar surface area (TPSA) is 37.7 Å². The Kier molecular flexibility index (Phi) is 9.40. The van der Waals surface area contributed by atoms with Crippen LogP contribution in [-0.2, 0) is 9.53 Å². The van der Waals surface area contributed by atoms with Crippen molar-refractivity contribution in [2.24, 2.45) is 5.92 Å². The van der Waals surface area contributed by atoms with Gasteiger partial charge in [-0.2, -0.15) is 11.8 Å². The third-order valence-electron chi connectivity index (χ3n) is 6.64. The molecule has 3 rings (SSSR count). The summed E-state index contributed by atoms with van der Waals surface area (Å²) < 4.78 is 7.40. The van der Waals surface area contributed by atoms with Crippen LogP contribution in [0.4, 0.5) is 0 Å². The van der Waals surface area contributed by atoms with Gasteiger partial charge in [0.2, 0.25) is 5.91 Å². The molecule has 6 heteroatoms. The minimum absolute atomic E-state index is 0.0916. The van der Waals surface area contributed by atoms with Crippen molar-refractivity contribution in [3.05, 3.63) is 24.5 Å². The van der Waals surface area contributed by atoms with Gasteiger partial charge in [-0.1, -0.05) is 6.42 Å². The van der Waals surface area contributed by atoms with Crippen LogP contribution in [0.3, 0.4) is 0 Å². The molecule has 29 heavy (non-hydrogen) atoms. The van der Waals surface area contributed by atoms with Crippen molar-refractivity contribution in [2.75, 3.05) is 51.9 Å². The maximum atomic E-state index is 13.7. The average Bonchev–Trinajstić information content (AvgIpc) is 3.28. The Labute approximate surface area is 181 Å². The van der Waals surface area contributed by atoms with E-state index in [1.54, 1.807) is 7.11 Å². The summed E-state index contributed by atoms with van der Waals surface area (Å²) in [6, 6.07) is 4.63. The molecule has 0 bridgehead atoms. The number of hydrogen-bond acceptors (Lipinski definition) is 4. The number of amides is 1. The number of nitrogens with zero attached hydrogens (tertiary/aromatic N) is 3. The summed E-state index contributed by atoms with van der Waals surface area (Å²) in [5.74, 6) is 1.90. The van der Waals surface area contributed by atoms with Gasteiger partial charge in [0.1, 0.15) is 6.04 Å². The lowest BCUT2D eigenvalue weighted by atomic mass is 9.83. The number of methoxy groups -OCH3 is 1. The van der Waals surface area contributed by atoms with Crippen LogP contribution in [-0.4, -0.2) is 78.2 Å². The van der Waals surface area contributed by atoms with Gasteiger partial charge >= 0.3 is 0 Å². The molecule has 2 aliphatic heterocycles. The lowest BCUT2D eigenvalue weighted by molar-refractivity contribution is -0.136. The normalized spacial score (nSPS) is 23.5. The summed E-state index contributed by atoms with van der Waals surface area (Å²) in [5.41, 5.74) is 0. The molecular formula is C23H39N3O2S. The molecular weight excluding hydrogens is 382 g/mol. The molecule has 5 nitrogen and oxygen atoms in total. The highest BCUT2D eigenvalue weighted by Crippen LogP contribution is 2.32. The third-order valence-corrected chi connectivity index (χ3v) is 7.28. The average molecular weight is 422 g/mol. The van der Waals surface area contributed by atoms with E-state index in [-0.39, 0.29) is 6.04 Å². The van der Waals surface area contributed by atoms with Crippen LogP contribution in [0.25, 0.3) is 0 Å². The van der Waals surface area contributed by atoms with E-state index in [0.717, 1.165) is 31.7 Å². The Bertz CT molecular complexity index is 593. The number of rotatable bonds is 11. The molecule has 0 spiro atoms. The van der Waals surface area contributed by atoms with Crippen molar-refractivity contribution < 1.29 is 9.53 Å². The van der Waals surface area contributed by atoms with Gasteiger partial charge in [0.05, 0.1) is 0 Å². The monoisotopic (exact) mass is 421 g/mol. The van der Waals surface area contributed by atoms with Gasteiger partial charge in [-0.15, -0.1) is 0 Å². The van der Waals surface area contributed by atoms with E-state index in [9.17, 15) is 4.79 Å². The first-order valence-electron chi connectivity index (χ1n) is 11.4. The second-order valence-corrected chi connectivity index (χ2v) is 9.55. The molecule has 0 unspecified atom stereocenters. The van der Waals surface area contributed by atoms with Gasteiger partial charge in [0.15, 0.2) is 0 Å². The Morgan fingerprint density at radius 2 is 2.00 bits per heavy atom. The molecule has 164 valence electrons. The molecule has 0 aromatic carbocycles. The highest BCUT2D eigenvalue weighted by atomic mass is 32.2. The quantitative estimate of drug-likeness (QED) is 0.508. The van der Waals surface area contributed by atoms with Crippen molar-refractivity contribution in [1.82, 2.24) is 14.4 Å². The predicted octanol–water partition coefficient (Wildman–Crippen LogP) is 3.91. The molecule has 1 amide bonds. The molecule has 0 saturated carbocycles. The molecule has 1 aromatic heterocycles. The number of aromatic nitrogens is 1. The zero-order chi connectivity index (χ0) is 20.5. The van der Waals surface area contributed by atoms with Gasteiger partial charge in [-0.3, -0.25) is 4.79 Å². The van der Waals surface area contributed by atoms with E-state index in [2.05, 4.69) is 20.6 Å². The third kappa shape index (κ3) is 6.25. The maximum Gasteiger partial charge on any atom is 0.245 e. The lowest BCUT2D eigenvalue weighted by Crippen LogP contribution is -2.52. The van der Waals surface area contributed by atoms with Crippen molar-refractivity contribution in [3.8, 4) is 0 Å². The SMILES string of the molecule is COCCCN(C[C@@H]1CCCN2CCCC[C@H]12)C(=O)[C@@H](CCSC)n1cccc1. The molecule has 3 atom stereocenters. The molecule has 2 fully saturated rings. The smallest absolute Gasteiger partial charge is 0.245 e. The highest BCUT2D eigenvalue weighted by Gasteiger charge is 2.35. The van der Waals surface area contributed by atoms with E-state index in [1.165, 1.54) is 45.2 Å². The van der Waals surface area contributed by atoms with Crippen LogP contribution in [0.1, 0.15) is 51.0 Å². The molecule has 2 aliphatic rings. The number of ether oxygens (including phenoxy) is 1. The van der Waals surface area contributed by atoms with Gasteiger partial charge in [0, 0.05) is 45.2 Å². The molecule has 2 saturated heterocycles. The standard InChI is InChI=1S/C23H39N3O2S/c1-28-17-8-16-26(19-20-9-7-15-24-12-4-3-10-21(20)24)23(27)22(11-18-29-2)25-13-5-6-14-25/h5-6,13-14,20-22H,3-4,7-12,15-19H2,1-2H3/t20-,21+,22+/m0/s1. The van der Waals surface area contributed by atoms with Crippen LogP contribution in [0.2, 0.25) is 0 Å². The fraction of sp³-hybridized carbons (Fsp3) is 0.783. The maximum absolute atomic E-state index is 13.7. The zero-order valence-electron chi connectivity index (χ0n) is 18.3. The first-order valence-corrected chi connectivity index (χ1v) is 12.8. The summed E-state index contributed by atoms with van der Waals surface area (Å²) in [6.07, 6.45) is 14.5. The van der Waals surface area contributed by atoms with Crippen LogP contribution >= 0.6 is 11.8 Å². The van der Waals surface area contributed by atoms with Crippen molar-refractivity contribution in [3.63, 3.8) is 0 Å². The van der Waals surface area contributed by atoms with E-state index in [4.69, 9.17) is 4.74 Å². The second-order valence-electron chi connectivity index (χ2n) is 8.56. The minimum Gasteiger partial charge on any atom is -0.385 e. The van der Waals surface area contributed by atoms with Crippen molar-refractivity contribution in [1.29, 1.82) is 0 Å². The fourth-order valence-corrected chi connectivity index (χ4v) is 5.62. The summed E-state index contributed by atoms with van der Waals surface area (Å²) >= 11 is 1.82. The largest absolute Gasteiger partial charge is 0.385 e. The Morgan fingerprint density at radius 3 is 2.76 bits per heavy atom. The number of carbonyl (C=O) groups excluding carboxylic acids is 1. The molecule has 0 aliphatic carbocycles. The number of fused-ring (bicyclic) bond motifs is 1. The molecule has 3 heterocycles. The number of piperidine rings is 2. The van der Waals surface area contributed by atoms with Gasteiger partial charge in [-0.25, -0.2) is 0 Å². The fourth-order valence-electron chi connectivity index (χ4n) is 5.16. The van der Waals surface area contributed by atoms with Gasteiger partial charge in [0.25, 0.3) is 0 Å². The first-order chi connectivity index (χ1) is 14.2. The number of hydrogen-bond donors (Lipinski definition) is 0. The summed E-state index contributed by atoms with van der Waals surface area (Å²) in [6.45, 7) is 4.91. The molecule has 0 N–H and O–H groups in total. The highest BCUT2D eigenvalue weighted by molar-refractivity contribution is 7.98. The van der Waals surface area contributed by atoms with Gasteiger partial charge < -0.3 is 19.1 Å². The predicted molar refractivity (Wildman–Crippen MR) is 121 cm³/mol. The van der Waals surface area contributed by atoms with Crippen LogP contribution in [0.15, 0.2) is 24.5 Å². The first kappa shape index (κ1) is 22.7. The summed E-state index contributed by atoms with van der Waals surface area (Å²) in [7, 11) is 1.74. The second kappa shape index (κ2) is 12.0. The zero-order valence-corrected chi connectivity index (χ0v) is 19.1. The van der Waals surface area contributed by atoms with E-state index in [0.29, 0.717) is 24.5 Å².